The number of carboxylic acids is 1. The van der Waals surface area contributed by atoms with E-state index in [9.17, 15) is 4.79 Å². The van der Waals surface area contributed by atoms with Gasteiger partial charge in [-0.1, -0.05) is 24.3 Å². The van der Waals surface area contributed by atoms with E-state index in [1.54, 1.807) is 18.2 Å². The van der Waals surface area contributed by atoms with Crippen LogP contribution in [0.15, 0.2) is 35.4 Å². The summed E-state index contributed by atoms with van der Waals surface area (Å²) in [5.74, 6) is -0.928. The van der Waals surface area contributed by atoms with Crippen LogP contribution in [0.4, 0.5) is 0 Å². The average Bonchev–Trinajstić information content (AvgIpc) is 1.94. The topological polar surface area (TPSA) is 37.3 Å². The van der Waals surface area contributed by atoms with Crippen LogP contribution in [-0.2, 0) is 4.79 Å². The third-order valence-electron chi connectivity index (χ3n) is 1.68. The van der Waals surface area contributed by atoms with Crippen molar-refractivity contribution >= 4 is 17.6 Å². The molecular weight excluding hydrogens is 176 g/mol. The lowest BCUT2D eigenvalue weighted by Crippen LogP contribution is -2.08. The van der Waals surface area contributed by atoms with Crippen LogP contribution in [0, 0.1) is 5.92 Å². The Morgan fingerprint density at radius 2 is 2.42 bits per heavy atom. The molecule has 0 bridgehead atoms. The molecule has 1 atom stereocenters. The molecule has 0 radical (unpaired) electrons. The Balaban J connectivity index is 2.66. The zero-order valence-corrected chi connectivity index (χ0v) is 7.21. The van der Waals surface area contributed by atoms with Crippen molar-refractivity contribution in [2.24, 2.45) is 5.92 Å². The first-order chi connectivity index (χ1) is 5.59. The second-order valence-corrected chi connectivity index (χ2v) is 3.10. The molecule has 1 aliphatic carbocycles. The summed E-state index contributed by atoms with van der Waals surface area (Å²) in [7, 11) is 0. The van der Waals surface area contributed by atoms with E-state index in [4.69, 9.17) is 16.7 Å². The summed E-state index contributed by atoms with van der Waals surface area (Å²) in [6, 6.07) is 0. The zero-order valence-electron chi connectivity index (χ0n) is 6.46. The summed E-state index contributed by atoms with van der Waals surface area (Å²) < 4.78 is 0. The van der Waals surface area contributed by atoms with Crippen LogP contribution in [0.25, 0.3) is 0 Å². The summed E-state index contributed by atoms with van der Waals surface area (Å²) in [5, 5.41) is 9.12. The minimum Gasteiger partial charge on any atom is -0.481 e. The minimum atomic E-state index is -0.822. The largest absolute Gasteiger partial charge is 0.481 e. The lowest BCUT2D eigenvalue weighted by atomic mass is 9.93. The van der Waals surface area contributed by atoms with Crippen molar-refractivity contribution in [1.82, 2.24) is 0 Å². The molecule has 3 heteroatoms. The Bertz CT molecular complexity index is 276. The van der Waals surface area contributed by atoms with E-state index >= 15 is 0 Å². The number of rotatable bonds is 2. The van der Waals surface area contributed by atoms with E-state index in [-0.39, 0.29) is 12.3 Å². The van der Waals surface area contributed by atoms with Gasteiger partial charge in [0.05, 0.1) is 6.42 Å². The monoisotopic (exact) mass is 184 g/mol. The standard InChI is InChI=1S/C9H9ClO2/c1-6-4-8(10)3-2-7(6)5-9(11)12/h2-4,7H,1,5H2,(H,11,12). The molecule has 0 aromatic carbocycles. The molecule has 0 aromatic heterocycles. The van der Waals surface area contributed by atoms with Gasteiger partial charge in [-0.2, -0.15) is 0 Å². The molecule has 1 rings (SSSR count). The third kappa shape index (κ3) is 2.24. The lowest BCUT2D eigenvalue weighted by molar-refractivity contribution is -0.137. The molecule has 0 aliphatic heterocycles. The Morgan fingerprint density at radius 3 is 2.92 bits per heavy atom. The fraction of sp³-hybridized carbons (Fsp3) is 0.222. The molecule has 1 unspecified atom stereocenters. The van der Waals surface area contributed by atoms with Gasteiger partial charge in [0.15, 0.2) is 0 Å². The maximum atomic E-state index is 10.4. The van der Waals surface area contributed by atoms with E-state index in [1.807, 2.05) is 0 Å². The van der Waals surface area contributed by atoms with Crippen molar-refractivity contribution in [3.05, 3.63) is 35.4 Å². The van der Waals surface area contributed by atoms with Gasteiger partial charge >= 0.3 is 5.97 Å². The molecular formula is C9H9ClO2. The highest BCUT2D eigenvalue weighted by molar-refractivity contribution is 6.31. The molecule has 0 fully saturated rings. The second-order valence-electron chi connectivity index (χ2n) is 2.67. The molecule has 1 N–H and O–H groups in total. The van der Waals surface area contributed by atoms with Crippen molar-refractivity contribution in [2.75, 3.05) is 0 Å². The van der Waals surface area contributed by atoms with Gasteiger partial charge in [0.1, 0.15) is 0 Å². The van der Waals surface area contributed by atoms with Crippen LogP contribution in [0.3, 0.4) is 0 Å². The first-order valence-corrected chi connectivity index (χ1v) is 3.93. The number of allylic oxidation sites excluding steroid dienone is 5. The van der Waals surface area contributed by atoms with Crippen LogP contribution in [0.5, 0.6) is 0 Å². The van der Waals surface area contributed by atoms with Crippen molar-refractivity contribution in [3.8, 4) is 0 Å². The summed E-state index contributed by atoms with van der Waals surface area (Å²) >= 11 is 5.68. The van der Waals surface area contributed by atoms with Crippen molar-refractivity contribution in [2.45, 2.75) is 6.42 Å². The molecule has 0 saturated carbocycles. The van der Waals surface area contributed by atoms with Gasteiger partial charge in [-0.3, -0.25) is 4.79 Å². The van der Waals surface area contributed by atoms with Gasteiger partial charge in [-0.25, -0.2) is 0 Å². The van der Waals surface area contributed by atoms with Crippen LogP contribution < -0.4 is 0 Å². The quantitative estimate of drug-likeness (QED) is 0.715. The number of carboxylic acid groups (broad SMARTS) is 1. The van der Waals surface area contributed by atoms with Crippen molar-refractivity contribution in [3.63, 3.8) is 0 Å². The molecule has 0 heterocycles. The minimum absolute atomic E-state index is 0.0794. The highest BCUT2D eigenvalue weighted by atomic mass is 35.5. The molecule has 0 spiro atoms. The van der Waals surface area contributed by atoms with Crippen molar-refractivity contribution < 1.29 is 9.90 Å². The van der Waals surface area contributed by atoms with Gasteiger partial charge in [0.2, 0.25) is 0 Å². The number of halogens is 1. The third-order valence-corrected chi connectivity index (χ3v) is 1.92. The fourth-order valence-corrected chi connectivity index (χ4v) is 1.26. The van der Waals surface area contributed by atoms with Gasteiger partial charge in [-0.05, 0) is 17.7 Å². The van der Waals surface area contributed by atoms with E-state index in [1.165, 1.54) is 0 Å². The molecule has 1 aliphatic rings. The summed E-state index contributed by atoms with van der Waals surface area (Å²) in [6.07, 6.45) is 5.23. The Labute approximate surface area is 75.8 Å². The SMILES string of the molecule is C=C1C=C(Cl)C=CC1CC(=O)O. The Kier molecular flexibility index (Phi) is 2.71. The molecule has 64 valence electrons. The van der Waals surface area contributed by atoms with Gasteiger partial charge < -0.3 is 5.11 Å². The number of hydrogen-bond donors (Lipinski definition) is 1. The number of hydrogen-bond acceptors (Lipinski definition) is 1. The van der Waals surface area contributed by atoms with Crippen molar-refractivity contribution in [1.29, 1.82) is 0 Å². The van der Waals surface area contributed by atoms with E-state index in [0.29, 0.717) is 5.03 Å². The molecule has 0 aromatic rings. The second kappa shape index (κ2) is 3.59. The fourth-order valence-electron chi connectivity index (χ4n) is 1.05. The Morgan fingerprint density at radius 1 is 1.75 bits per heavy atom. The highest BCUT2D eigenvalue weighted by Crippen LogP contribution is 2.25. The number of carbonyl (C=O) groups is 1. The van der Waals surface area contributed by atoms with Crippen LogP contribution >= 0.6 is 11.6 Å². The summed E-state index contributed by atoms with van der Waals surface area (Å²) in [6.45, 7) is 3.72. The van der Waals surface area contributed by atoms with E-state index < -0.39 is 5.97 Å². The predicted octanol–water partition coefficient (Wildman–Crippen LogP) is 2.33. The lowest BCUT2D eigenvalue weighted by Gasteiger charge is -2.14. The normalized spacial score (nSPS) is 22.2. The van der Waals surface area contributed by atoms with Gasteiger partial charge in [0, 0.05) is 11.0 Å². The maximum absolute atomic E-state index is 10.4. The summed E-state index contributed by atoms with van der Waals surface area (Å²) in [4.78, 5) is 10.4. The Hall–Kier alpha value is -1.02. The average molecular weight is 185 g/mol. The van der Waals surface area contributed by atoms with E-state index in [0.717, 1.165) is 5.57 Å². The zero-order chi connectivity index (χ0) is 9.14. The van der Waals surface area contributed by atoms with Crippen LogP contribution in [-0.4, -0.2) is 11.1 Å². The van der Waals surface area contributed by atoms with Gasteiger partial charge in [0.25, 0.3) is 0 Å². The first kappa shape index (κ1) is 9.07. The summed E-state index contributed by atoms with van der Waals surface area (Å²) in [5.41, 5.74) is 0.755. The predicted molar refractivity (Wildman–Crippen MR) is 48.0 cm³/mol. The smallest absolute Gasteiger partial charge is 0.304 e. The molecule has 0 saturated heterocycles. The van der Waals surface area contributed by atoms with Gasteiger partial charge in [-0.15, -0.1) is 0 Å². The van der Waals surface area contributed by atoms with Crippen LogP contribution in [0.2, 0.25) is 0 Å². The number of aliphatic carboxylic acids is 1. The molecule has 12 heavy (non-hydrogen) atoms. The first-order valence-electron chi connectivity index (χ1n) is 3.55. The maximum Gasteiger partial charge on any atom is 0.304 e. The van der Waals surface area contributed by atoms with Crippen LogP contribution in [0.1, 0.15) is 6.42 Å². The van der Waals surface area contributed by atoms with E-state index in [2.05, 4.69) is 6.58 Å². The molecule has 0 amide bonds. The highest BCUT2D eigenvalue weighted by Gasteiger charge is 2.14. The molecule has 2 nitrogen and oxygen atoms in total.